The van der Waals surface area contributed by atoms with E-state index in [2.05, 4.69) is 51.5 Å². The molecule has 0 aliphatic carbocycles. The Morgan fingerprint density at radius 2 is 2.18 bits per heavy atom. The summed E-state index contributed by atoms with van der Waals surface area (Å²) in [5, 5.41) is 13.0. The first-order chi connectivity index (χ1) is 18.3. The first-order valence-electron chi connectivity index (χ1n) is 12.7. The van der Waals surface area contributed by atoms with Crippen LogP contribution in [0.2, 0.25) is 0 Å². The van der Waals surface area contributed by atoms with Gasteiger partial charge in [0.2, 0.25) is 12.3 Å². The Hall–Kier alpha value is -4.05. The van der Waals surface area contributed by atoms with Crippen molar-refractivity contribution in [1.29, 1.82) is 0 Å². The molecule has 1 saturated heterocycles. The number of aryl methyl sites for hydroxylation is 1. The molecule has 2 unspecified atom stereocenters. The Kier molecular flexibility index (Phi) is 12.1. The average Bonchev–Trinajstić information content (AvgIpc) is 3.60. The summed E-state index contributed by atoms with van der Waals surface area (Å²) in [7, 11) is 1.69. The monoisotopic (exact) mass is 520 g/mol. The normalized spacial score (nSPS) is 17.4. The van der Waals surface area contributed by atoms with E-state index >= 15 is 0 Å². The lowest BCUT2D eigenvalue weighted by Crippen LogP contribution is -2.39. The molecule has 5 N–H and O–H groups in total. The highest BCUT2D eigenvalue weighted by molar-refractivity contribution is 6.08. The predicted octanol–water partition coefficient (Wildman–Crippen LogP) is 3.03. The van der Waals surface area contributed by atoms with Crippen LogP contribution in [0, 0.1) is 12.8 Å². The molecule has 0 spiro atoms. The molecule has 204 valence electrons. The van der Waals surface area contributed by atoms with Crippen LogP contribution in [0.25, 0.3) is 11.1 Å². The van der Waals surface area contributed by atoms with Gasteiger partial charge in [-0.2, -0.15) is 5.10 Å². The minimum absolute atomic E-state index is 0.0599. The number of nitrogens with two attached hydrogens (primary N) is 1. The molecule has 10 nitrogen and oxygen atoms in total. The maximum absolute atomic E-state index is 12.1. The standard InChI is InChI=1S/C17H27N3O2.C11H13N5/c1-5-12(3)13(4)16(19-11-21)10-14(6-2)20-17(22)15-8-7-9-18-15;1-8-4-15-16-7-10(14-6-11(8)16)9(3-12)5-13-2/h6,10-12,15,18H,2,5,7-9H2,1,3-4H3,(H,19,21)(H,20,22);3-7H,12H2,1-2H3/b14-10+,16-13+;9-3+,13-5?. The summed E-state index contributed by atoms with van der Waals surface area (Å²) in [6.45, 7) is 12.8. The first kappa shape index (κ1) is 30.2. The molecule has 3 rings (SSSR count). The first-order valence-corrected chi connectivity index (χ1v) is 12.7. The summed E-state index contributed by atoms with van der Waals surface area (Å²) in [5.41, 5.74) is 11.5. The number of nitrogens with one attached hydrogen (secondary N) is 3. The van der Waals surface area contributed by atoms with Crippen LogP contribution in [0.15, 0.2) is 65.5 Å². The lowest BCUT2D eigenvalue weighted by Gasteiger charge is -2.16. The molecule has 1 aliphatic rings. The van der Waals surface area contributed by atoms with Crippen LogP contribution in [0.3, 0.4) is 0 Å². The molecule has 1 fully saturated rings. The summed E-state index contributed by atoms with van der Waals surface area (Å²) < 4.78 is 1.78. The fourth-order valence-electron chi connectivity index (χ4n) is 3.83. The van der Waals surface area contributed by atoms with Crippen molar-refractivity contribution >= 4 is 29.6 Å². The van der Waals surface area contributed by atoms with Crippen LogP contribution >= 0.6 is 0 Å². The number of hydrogen-bond donors (Lipinski definition) is 4. The van der Waals surface area contributed by atoms with Crippen LogP contribution in [-0.4, -0.2) is 52.8 Å². The van der Waals surface area contributed by atoms with Crippen molar-refractivity contribution in [1.82, 2.24) is 30.5 Å². The third kappa shape index (κ3) is 8.24. The van der Waals surface area contributed by atoms with Gasteiger partial charge in [-0.3, -0.25) is 19.6 Å². The minimum atomic E-state index is -0.148. The van der Waals surface area contributed by atoms with E-state index in [1.54, 1.807) is 42.3 Å². The van der Waals surface area contributed by atoms with Crippen molar-refractivity contribution in [3.8, 4) is 0 Å². The van der Waals surface area contributed by atoms with Crippen molar-refractivity contribution in [2.75, 3.05) is 13.6 Å². The zero-order valence-electron chi connectivity index (χ0n) is 23.0. The molecule has 2 amide bonds. The predicted molar refractivity (Wildman–Crippen MR) is 153 cm³/mol. The summed E-state index contributed by atoms with van der Waals surface area (Å²) >= 11 is 0. The topological polar surface area (TPSA) is 139 Å². The molecule has 2 aromatic rings. The zero-order chi connectivity index (χ0) is 28.1. The third-order valence-corrected chi connectivity index (χ3v) is 6.50. The van der Waals surface area contributed by atoms with Gasteiger partial charge in [-0.05, 0) is 68.9 Å². The minimum Gasteiger partial charge on any atom is -0.404 e. The molecule has 2 atom stereocenters. The number of hydrogen-bond acceptors (Lipinski definition) is 7. The number of aliphatic imine (C=N–C) groups is 1. The Labute approximate surface area is 224 Å². The van der Waals surface area contributed by atoms with Gasteiger partial charge in [-0.15, -0.1) is 0 Å². The zero-order valence-corrected chi connectivity index (χ0v) is 23.0. The number of amides is 2. The molecule has 0 radical (unpaired) electrons. The molecule has 38 heavy (non-hydrogen) atoms. The van der Waals surface area contributed by atoms with Gasteiger partial charge in [-0.25, -0.2) is 4.52 Å². The average molecular weight is 521 g/mol. The van der Waals surface area contributed by atoms with Gasteiger partial charge in [0.25, 0.3) is 0 Å². The summed E-state index contributed by atoms with van der Waals surface area (Å²) in [5.74, 6) is 0.285. The van der Waals surface area contributed by atoms with Crippen molar-refractivity contribution < 1.29 is 9.59 Å². The molecule has 0 saturated carbocycles. The van der Waals surface area contributed by atoms with Gasteiger partial charge in [0.15, 0.2) is 0 Å². The van der Waals surface area contributed by atoms with E-state index in [1.807, 2.05) is 20.0 Å². The van der Waals surface area contributed by atoms with Crippen LogP contribution in [-0.2, 0) is 9.59 Å². The van der Waals surface area contributed by atoms with Crippen molar-refractivity contribution in [2.24, 2.45) is 16.6 Å². The molecule has 0 bridgehead atoms. The number of rotatable bonds is 10. The lowest BCUT2D eigenvalue weighted by atomic mass is 9.97. The van der Waals surface area contributed by atoms with Crippen molar-refractivity contribution in [3.05, 3.63) is 71.7 Å². The molecular formula is C28H40N8O2. The second-order valence-electron chi connectivity index (χ2n) is 9.05. The van der Waals surface area contributed by atoms with E-state index < -0.39 is 0 Å². The Morgan fingerprint density at radius 1 is 1.42 bits per heavy atom. The Balaban J connectivity index is 0.000000279. The number of carbonyl (C=O) groups is 2. The van der Waals surface area contributed by atoms with E-state index in [0.717, 1.165) is 53.7 Å². The molecule has 0 aromatic carbocycles. The Morgan fingerprint density at radius 3 is 2.76 bits per heavy atom. The molecule has 3 heterocycles. The second kappa shape index (κ2) is 15.3. The van der Waals surface area contributed by atoms with Crippen molar-refractivity contribution in [2.45, 2.75) is 53.0 Å². The van der Waals surface area contributed by atoms with Crippen LogP contribution in [0.4, 0.5) is 0 Å². The fraction of sp³-hybridized carbons (Fsp3) is 0.393. The maximum Gasteiger partial charge on any atom is 0.241 e. The van der Waals surface area contributed by atoms with Gasteiger partial charge < -0.3 is 21.7 Å². The number of nitrogens with zero attached hydrogens (tertiary/aromatic N) is 4. The summed E-state index contributed by atoms with van der Waals surface area (Å²) in [6, 6.07) is -0.148. The van der Waals surface area contributed by atoms with Gasteiger partial charge in [-0.1, -0.05) is 20.4 Å². The van der Waals surface area contributed by atoms with E-state index in [0.29, 0.717) is 23.7 Å². The van der Waals surface area contributed by atoms with E-state index in [1.165, 1.54) is 6.20 Å². The SMILES string of the molecule is C=C/C(=C\C(NC=O)=C(\C)C(C)CC)NC(=O)C1CCCN1.CN=C/C(=C\N)c1cn2ncc(C)c2cn1. The summed E-state index contributed by atoms with van der Waals surface area (Å²) in [4.78, 5) is 31.2. The molecule has 1 aliphatic heterocycles. The number of carbonyl (C=O) groups excluding carboxylic acids is 2. The van der Waals surface area contributed by atoms with Gasteiger partial charge >= 0.3 is 0 Å². The van der Waals surface area contributed by atoms with E-state index in [-0.39, 0.29) is 11.9 Å². The fourth-order valence-corrected chi connectivity index (χ4v) is 3.83. The molecular weight excluding hydrogens is 480 g/mol. The number of aromatic nitrogens is 3. The second-order valence-corrected chi connectivity index (χ2v) is 9.05. The highest BCUT2D eigenvalue weighted by atomic mass is 16.2. The van der Waals surface area contributed by atoms with E-state index in [9.17, 15) is 9.59 Å². The van der Waals surface area contributed by atoms with Crippen molar-refractivity contribution in [3.63, 3.8) is 0 Å². The number of allylic oxidation sites excluding steroid dienone is 4. The third-order valence-electron chi connectivity index (χ3n) is 6.50. The van der Waals surface area contributed by atoms with Crippen LogP contribution in [0.1, 0.15) is 51.3 Å². The van der Waals surface area contributed by atoms with E-state index in [4.69, 9.17) is 5.73 Å². The molecule has 2 aromatic heterocycles. The van der Waals surface area contributed by atoms with Crippen LogP contribution < -0.4 is 21.7 Å². The maximum atomic E-state index is 12.1. The quantitative estimate of drug-likeness (QED) is 0.216. The van der Waals surface area contributed by atoms with Crippen LogP contribution in [0.5, 0.6) is 0 Å². The summed E-state index contributed by atoms with van der Waals surface area (Å²) in [6.07, 6.45) is 15.4. The lowest BCUT2D eigenvalue weighted by molar-refractivity contribution is -0.122. The molecule has 10 heteroatoms. The highest BCUT2D eigenvalue weighted by Gasteiger charge is 2.22. The van der Waals surface area contributed by atoms with Gasteiger partial charge in [0.05, 0.1) is 35.8 Å². The largest absolute Gasteiger partial charge is 0.404 e. The smallest absolute Gasteiger partial charge is 0.241 e. The van der Waals surface area contributed by atoms with Gasteiger partial charge in [0, 0.05) is 36.4 Å². The highest BCUT2D eigenvalue weighted by Crippen LogP contribution is 2.18. The number of fused-ring (bicyclic) bond motifs is 1. The Bertz CT molecular complexity index is 1230. The van der Waals surface area contributed by atoms with Gasteiger partial charge in [0.1, 0.15) is 0 Å².